The van der Waals surface area contributed by atoms with Gasteiger partial charge >= 0.3 is 0 Å². The predicted octanol–water partition coefficient (Wildman–Crippen LogP) is 0.479. The lowest BCUT2D eigenvalue weighted by Gasteiger charge is -2.03. The van der Waals surface area contributed by atoms with Gasteiger partial charge in [0.05, 0.1) is 23.0 Å². The number of halogens is 1. The van der Waals surface area contributed by atoms with Crippen LogP contribution in [-0.4, -0.2) is 43.3 Å². The second-order valence-electron chi connectivity index (χ2n) is 3.71. The molecule has 92 valence electrons. The molecule has 0 radical (unpaired) electrons. The van der Waals surface area contributed by atoms with Gasteiger partial charge in [0.1, 0.15) is 9.84 Å². The Morgan fingerprint density at radius 3 is 2.69 bits per heavy atom. The van der Waals surface area contributed by atoms with E-state index in [2.05, 4.69) is 10.4 Å². The highest BCUT2D eigenvalue weighted by molar-refractivity contribution is 7.90. The fourth-order valence-electron chi connectivity index (χ4n) is 1.18. The zero-order chi connectivity index (χ0) is 12.2. The van der Waals surface area contributed by atoms with Crippen molar-refractivity contribution in [2.24, 2.45) is 0 Å². The molecule has 0 saturated carbocycles. The van der Waals surface area contributed by atoms with Gasteiger partial charge in [-0.2, -0.15) is 5.10 Å². The number of hydrogen-bond donors (Lipinski definition) is 1. The van der Waals surface area contributed by atoms with Crippen molar-refractivity contribution >= 4 is 21.4 Å². The second kappa shape index (κ2) is 5.65. The molecule has 16 heavy (non-hydrogen) atoms. The molecule has 5 nitrogen and oxygen atoms in total. The lowest BCUT2D eigenvalue weighted by molar-refractivity contribution is 0.557. The van der Waals surface area contributed by atoms with E-state index in [0.29, 0.717) is 24.7 Å². The zero-order valence-corrected chi connectivity index (χ0v) is 11.0. The summed E-state index contributed by atoms with van der Waals surface area (Å²) < 4.78 is 23.4. The third-order valence-electron chi connectivity index (χ3n) is 2.05. The largest absolute Gasteiger partial charge is 0.314 e. The first-order chi connectivity index (χ1) is 7.38. The second-order valence-corrected chi connectivity index (χ2v) is 6.37. The molecule has 0 fully saturated rings. The summed E-state index contributed by atoms with van der Waals surface area (Å²) in [5.41, 5.74) is 0.804. The van der Waals surface area contributed by atoms with Gasteiger partial charge in [-0.3, -0.25) is 4.68 Å². The van der Waals surface area contributed by atoms with E-state index in [1.807, 2.05) is 6.92 Å². The van der Waals surface area contributed by atoms with Crippen LogP contribution in [0, 0.1) is 6.92 Å². The fourth-order valence-corrected chi connectivity index (χ4v) is 1.85. The third-order valence-corrected chi connectivity index (χ3v) is 3.37. The van der Waals surface area contributed by atoms with Crippen molar-refractivity contribution in [2.75, 3.05) is 25.1 Å². The van der Waals surface area contributed by atoms with Crippen molar-refractivity contribution in [1.29, 1.82) is 0 Å². The molecular weight excluding hydrogens is 250 g/mol. The van der Waals surface area contributed by atoms with Crippen molar-refractivity contribution in [2.45, 2.75) is 13.5 Å². The van der Waals surface area contributed by atoms with E-state index in [-0.39, 0.29) is 5.75 Å². The minimum Gasteiger partial charge on any atom is -0.314 e. The van der Waals surface area contributed by atoms with Gasteiger partial charge in [-0.15, -0.1) is 0 Å². The van der Waals surface area contributed by atoms with E-state index in [1.54, 1.807) is 10.9 Å². The van der Waals surface area contributed by atoms with Gasteiger partial charge in [-0.25, -0.2) is 8.42 Å². The third kappa shape index (κ3) is 4.96. The van der Waals surface area contributed by atoms with Crippen LogP contribution in [0.4, 0.5) is 0 Å². The van der Waals surface area contributed by atoms with Gasteiger partial charge in [-0.1, -0.05) is 11.6 Å². The lowest BCUT2D eigenvalue weighted by Crippen LogP contribution is -2.26. The standard InChI is InChI=1S/C9H16ClN3O2S/c1-8-9(10)7-13(12-8)5-3-11-4-6-16(2,14)15/h7,11H,3-6H2,1-2H3. The maximum atomic E-state index is 10.8. The van der Waals surface area contributed by atoms with E-state index in [4.69, 9.17) is 11.6 Å². The number of sulfone groups is 1. The molecule has 7 heteroatoms. The first-order valence-corrected chi connectivity index (χ1v) is 7.40. The number of nitrogens with zero attached hydrogens (tertiary/aromatic N) is 2. The summed E-state index contributed by atoms with van der Waals surface area (Å²) in [5.74, 6) is 0.159. The number of hydrogen-bond acceptors (Lipinski definition) is 4. The quantitative estimate of drug-likeness (QED) is 0.760. The molecule has 0 unspecified atom stereocenters. The van der Waals surface area contributed by atoms with Crippen LogP contribution in [0.2, 0.25) is 5.02 Å². The number of aromatic nitrogens is 2. The average Bonchev–Trinajstić information content (AvgIpc) is 2.44. The molecule has 1 rings (SSSR count). The van der Waals surface area contributed by atoms with Crippen LogP contribution in [0.15, 0.2) is 6.20 Å². The Kier molecular flexibility index (Phi) is 4.76. The lowest BCUT2D eigenvalue weighted by atomic mass is 10.5. The van der Waals surface area contributed by atoms with Crippen LogP contribution in [0.3, 0.4) is 0 Å². The topological polar surface area (TPSA) is 64.0 Å². The summed E-state index contributed by atoms with van der Waals surface area (Å²) in [4.78, 5) is 0. The molecule has 1 N–H and O–H groups in total. The van der Waals surface area contributed by atoms with E-state index in [1.165, 1.54) is 6.26 Å². The van der Waals surface area contributed by atoms with Crippen molar-refractivity contribution in [3.63, 3.8) is 0 Å². The zero-order valence-electron chi connectivity index (χ0n) is 9.40. The molecule has 1 aromatic heterocycles. The van der Waals surface area contributed by atoms with Crippen LogP contribution < -0.4 is 5.32 Å². The summed E-state index contributed by atoms with van der Waals surface area (Å²) in [6, 6.07) is 0. The predicted molar refractivity (Wildman–Crippen MR) is 64.6 cm³/mol. The van der Waals surface area contributed by atoms with Crippen LogP contribution in [-0.2, 0) is 16.4 Å². The Morgan fingerprint density at radius 2 is 2.19 bits per heavy atom. The van der Waals surface area contributed by atoms with E-state index in [0.717, 1.165) is 5.69 Å². The van der Waals surface area contributed by atoms with Gasteiger partial charge in [0.2, 0.25) is 0 Å². The maximum absolute atomic E-state index is 10.8. The van der Waals surface area contributed by atoms with E-state index < -0.39 is 9.84 Å². The minimum absolute atomic E-state index is 0.159. The summed E-state index contributed by atoms with van der Waals surface area (Å²) in [7, 11) is -2.88. The highest BCUT2D eigenvalue weighted by atomic mass is 35.5. The molecule has 0 spiro atoms. The Morgan fingerprint density at radius 1 is 1.50 bits per heavy atom. The Balaban J connectivity index is 2.21. The minimum atomic E-state index is -2.88. The van der Waals surface area contributed by atoms with E-state index >= 15 is 0 Å². The molecular formula is C9H16ClN3O2S. The van der Waals surface area contributed by atoms with Gasteiger partial charge in [-0.05, 0) is 6.92 Å². The molecule has 1 heterocycles. The Hall–Kier alpha value is -0.590. The van der Waals surface area contributed by atoms with Crippen molar-refractivity contribution < 1.29 is 8.42 Å². The van der Waals surface area contributed by atoms with Crippen molar-refractivity contribution in [1.82, 2.24) is 15.1 Å². The van der Waals surface area contributed by atoms with Gasteiger partial charge in [0, 0.05) is 25.5 Å². The Bertz CT molecular complexity index is 422. The van der Waals surface area contributed by atoms with Crippen LogP contribution in [0.1, 0.15) is 5.69 Å². The summed E-state index contributed by atoms with van der Waals surface area (Å²) in [5, 5.41) is 7.87. The molecule has 0 saturated heterocycles. The van der Waals surface area contributed by atoms with E-state index in [9.17, 15) is 8.42 Å². The monoisotopic (exact) mass is 265 g/mol. The van der Waals surface area contributed by atoms with Gasteiger partial charge in [0.15, 0.2) is 0 Å². The average molecular weight is 266 g/mol. The molecule has 0 aromatic carbocycles. The number of nitrogens with one attached hydrogen (secondary N) is 1. The van der Waals surface area contributed by atoms with Crippen LogP contribution >= 0.6 is 11.6 Å². The molecule has 0 atom stereocenters. The highest BCUT2D eigenvalue weighted by Gasteiger charge is 2.02. The molecule has 0 aliphatic carbocycles. The summed E-state index contributed by atoms with van der Waals surface area (Å²) in [6.45, 7) is 3.66. The molecule has 0 amide bonds. The number of rotatable bonds is 6. The van der Waals surface area contributed by atoms with Crippen LogP contribution in [0.5, 0.6) is 0 Å². The normalized spacial score (nSPS) is 11.9. The maximum Gasteiger partial charge on any atom is 0.148 e. The molecule has 1 aromatic rings. The summed E-state index contributed by atoms with van der Waals surface area (Å²) >= 11 is 5.85. The number of aryl methyl sites for hydroxylation is 1. The van der Waals surface area contributed by atoms with Gasteiger partial charge in [0.25, 0.3) is 0 Å². The molecule has 0 aliphatic heterocycles. The SMILES string of the molecule is Cc1nn(CCNCCS(C)(=O)=O)cc1Cl. The van der Waals surface area contributed by atoms with Crippen molar-refractivity contribution in [3.05, 3.63) is 16.9 Å². The first kappa shape index (κ1) is 13.5. The Labute approximate surface area is 101 Å². The smallest absolute Gasteiger partial charge is 0.148 e. The van der Waals surface area contributed by atoms with Gasteiger partial charge < -0.3 is 5.32 Å². The molecule has 0 bridgehead atoms. The van der Waals surface area contributed by atoms with Crippen molar-refractivity contribution in [3.8, 4) is 0 Å². The fraction of sp³-hybridized carbons (Fsp3) is 0.667. The summed E-state index contributed by atoms with van der Waals surface area (Å²) in [6.07, 6.45) is 2.99. The molecule has 0 aliphatic rings. The highest BCUT2D eigenvalue weighted by Crippen LogP contribution is 2.11. The first-order valence-electron chi connectivity index (χ1n) is 4.96. The van der Waals surface area contributed by atoms with Crippen LogP contribution in [0.25, 0.3) is 0 Å².